The first kappa shape index (κ1) is 15.4. The lowest BCUT2D eigenvalue weighted by Crippen LogP contribution is -2.35. The number of nitrogens with zero attached hydrogens (tertiary/aromatic N) is 2. The molecule has 0 saturated heterocycles. The van der Waals surface area contributed by atoms with Gasteiger partial charge in [0.1, 0.15) is 5.75 Å². The summed E-state index contributed by atoms with van der Waals surface area (Å²) in [6, 6.07) is 4.16. The largest absolute Gasteiger partial charge is 0.479 e. The molecule has 1 atom stereocenters. The lowest BCUT2D eigenvalue weighted by molar-refractivity contribution is -0.135. The summed E-state index contributed by atoms with van der Waals surface area (Å²) in [6.45, 7) is 6.64. The summed E-state index contributed by atoms with van der Waals surface area (Å²) in [7, 11) is 3.42. The molecule has 0 fully saturated rings. The van der Waals surface area contributed by atoms with Gasteiger partial charge in [0.25, 0.3) is 5.91 Å². The molecule has 0 bridgehead atoms. The average Bonchev–Trinajstić information content (AvgIpc) is 2.36. The molecule has 1 aromatic rings. The van der Waals surface area contributed by atoms with Gasteiger partial charge in [-0.2, -0.15) is 0 Å². The molecule has 0 aromatic carbocycles. The predicted molar refractivity (Wildman–Crippen MR) is 75.0 cm³/mol. The van der Waals surface area contributed by atoms with E-state index in [9.17, 15) is 4.79 Å². The van der Waals surface area contributed by atoms with Crippen molar-refractivity contribution in [3.8, 4) is 5.75 Å². The summed E-state index contributed by atoms with van der Waals surface area (Å²) >= 11 is 0. The molecule has 1 rings (SSSR count). The minimum Gasteiger partial charge on any atom is -0.479 e. The Hall–Kier alpha value is -1.62. The zero-order valence-corrected chi connectivity index (χ0v) is 12.3. The third kappa shape index (κ3) is 5.26. The predicted octanol–water partition coefficient (Wildman–Crippen LogP) is 1.44. The van der Waals surface area contributed by atoms with Gasteiger partial charge in [-0.1, -0.05) is 13.8 Å². The average molecular weight is 265 g/mol. The molecule has 1 heterocycles. The van der Waals surface area contributed by atoms with E-state index in [-0.39, 0.29) is 5.91 Å². The van der Waals surface area contributed by atoms with Crippen LogP contribution in [0.15, 0.2) is 18.3 Å². The number of pyridine rings is 1. The molecule has 1 aromatic heterocycles. The van der Waals surface area contributed by atoms with Crippen LogP contribution in [0.1, 0.15) is 26.5 Å². The Bertz CT molecular complexity index is 402. The second-order valence-electron chi connectivity index (χ2n) is 5.01. The molecule has 5 nitrogen and oxygen atoms in total. The quantitative estimate of drug-likeness (QED) is 0.845. The number of ether oxygens (including phenoxy) is 1. The molecule has 106 valence electrons. The van der Waals surface area contributed by atoms with Gasteiger partial charge in [-0.15, -0.1) is 0 Å². The van der Waals surface area contributed by atoms with Crippen LogP contribution in [0.2, 0.25) is 0 Å². The van der Waals surface area contributed by atoms with Crippen LogP contribution in [0.3, 0.4) is 0 Å². The molecule has 5 heteroatoms. The van der Waals surface area contributed by atoms with Gasteiger partial charge in [0, 0.05) is 26.7 Å². The van der Waals surface area contributed by atoms with Crippen molar-refractivity contribution < 1.29 is 9.53 Å². The molecule has 1 N–H and O–H groups in total. The van der Waals surface area contributed by atoms with E-state index in [0.29, 0.717) is 11.8 Å². The smallest absolute Gasteiger partial charge is 0.262 e. The van der Waals surface area contributed by atoms with Gasteiger partial charge in [0.15, 0.2) is 6.10 Å². The number of rotatable bonds is 6. The Morgan fingerprint density at radius 2 is 2.05 bits per heavy atom. The normalized spacial score (nSPS) is 12.3. The molecule has 1 amide bonds. The number of aromatic nitrogens is 1. The van der Waals surface area contributed by atoms with Crippen LogP contribution in [0.5, 0.6) is 5.75 Å². The number of likely N-dealkylation sites (N-methyl/N-ethyl adjacent to an activating group) is 1. The first-order chi connectivity index (χ1) is 8.90. The molecule has 0 spiro atoms. The molecule has 1 unspecified atom stereocenters. The molecule has 0 aliphatic carbocycles. The lowest BCUT2D eigenvalue weighted by atomic mass is 10.3. The summed E-state index contributed by atoms with van der Waals surface area (Å²) in [5, 5.41) is 3.29. The number of carbonyl (C=O) groups is 1. The highest BCUT2D eigenvalue weighted by Gasteiger charge is 2.16. The van der Waals surface area contributed by atoms with Gasteiger partial charge in [-0.3, -0.25) is 9.78 Å². The minimum atomic E-state index is -0.503. The Kier molecular flexibility index (Phi) is 5.76. The van der Waals surface area contributed by atoms with Crippen molar-refractivity contribution in [1.82, 2.24) is 15.2 Å². The van der Waals surface area contributed by atoms with Gasteiger partial charge < -0.3 is 15.0 Å². The molecule has 0 radical (unpaired) electrons. The monoisotopic (exact) mass is 265 g/mol. The standard InChI is InChI=1S/C14H23N3O2/c1-10(2)15-8-12-6-7-13(9-16-12)19-11(3)14(18)17(4)5/h6-7,9-11,15H,8H2,1-5H3. The van der Waals surface area contributed by atoms with Crippen LogP contribution >= 0.6 is 0 Å². The summed E-state index contributed by atoms with van der Waals surface area (Å²) in [5.74, 6) is 0.543. The number of amides is 1. The van der Waals surface area contributed by atoms with Crippen LogP contribution in [0, 0.1) is 0 Å². The summed E-state index contributed by atoms with van der Waals surface area (Å²) in [4.78, 5) is 17.5. The van der Waals surface area contributed by atoms with E-state index in [0.717, 1.165) is 12.2 Å². The SMILES string of the molecule is CC(C)NCc1ccc(OC(C)C(=O)N(C)C)cn1. The van der Waals surface area contributed by atoms with Gasteiger partial charge in [-0.25, -0.2) is 0 Å². The fourth-order valence-electron chi connectivity index (χ4n) is 1.51. The van der Waals surface area contributed by atoms with Gasteiger partial charge in [0.05, 0.1) is 11.9 Å². The number of hydrogen-bond acceptors (Lipinski definition) is 4. The highest BCUT2D eigenvalue weighted by Crippen LogP contribution is 2.12. The van der Waals surface area contributed by atoms with Crippen LogP contribution in [-0.4, -0.2) is 42.0 Å². The molecule has 0 aliphatic heterocycles. The van der Waals surface area contributed by atoms with Crippen molar-refractivity contribution in [3.63, 3.8) is 0 Å². The van der Waals surface area contributed by atoms with Crippen LogP contribution in [0.25, 0.3) is 0 Å². The molecule has 19 heavy (non-hydrogen) atoms. The number of nitrogens with one attached hydrogen (secondary N) is 1. The van der Waals surface area contributed by atoms with Crippen molar-refractivity contribution >= 4 is 5.91 Å². The van der Waals surface area contributed by atoms with Crippen molar-refractivity contribution in [2.45, 2.75) is 39.5 Å². The molecular weight excluding hydrogens is 242 g/mol. The zero-order valence-electron chi connectivity index (χ0n) is 12.3. The summed E-state index contributed by atoms with van der Waals surface area (Å²) in [6.07, 6.45) is 1.15. The van der Waals surface area contributed by atoms with Gasteiger partial charge >= 0.3 is 0 Å². The highest BCUT2D eigenvalue weighted by atomic mass is 16.5. The fourth-order valence-corrected chi connectivity index (χ4v) is 1.51. The Labute approximate surface area is 115 Å². The van der Waals surface area contributed by atoms with Crippen molar-refractivity contribution in [3.05, 3.63) is 24.0 Å². The fraction of sp³-hybridized carbons (Fsp3) is 0.571. The maximum atomic E-state index is 11.7. The van der Waals surface area contributed by atoms with Gasteiger partial charge in [0.2, 0.25) is 0 Å². The summed E-state index contributed by atoms with van der Waals surface area (Å²) in [5.41, 5.74) is 0.952. The number of hydrogen-bond donors (Lipinski definition) is 1. The Morgan fingerprint density at radius 1 is 1.37 bits per heavy atom. The number of carbonyl (C=O) groups excluding carboxylic acids is 1. The first-order valence-electron chi connectivity index (χ1n) is 6.46. The van der Waals surface area contributed by atoms with Crippen molar-refractivity contribution in [2.75, 3.05) is 14.1 Å². The van der Waals surface area contributed by atoms with Crippen molar-refractivity contribution in [2.24, 2.45) is 0 Å². The Morgan fingerprint density at radius 3 is 2.53 bits per heavy atom. The van der Waals surface area contributed by atoms with E-state index in [4.69, 9.17) is 4.74 Å². The third-order valence-electron chi connectivity index (χ3n) is 2.59. The minimum absolute atomic E-state index is 0.0643. The third-order valence-corrected chi connectivity index (χ3v) is 2.59. The highest BCUT2D eigenvalue weighted by molar-refractivity contribution is 5.80. The first-order valence-corrected chi connectivity index (χ1v) is 6.46. The van der Waals surface area contributed by atoms with Crippen LogP contribution < -0.4 is 10.1 Å². The van der Waals surface area contributed by atoms with E-state index in [2.05, 4.69) is 24.1 Å². The van der Waals surface area contributed by atoms with E-state index >= 15 is 0 Å². The summed E-state index contributed by atoms with van der Waals surface area (Å²) < 4.78 is 5.54. The second kappa shape index (κ2) is 7.09. The Balaban J connectivity index is 2.54. The molecule has 0 aliphatic rings. The molecule has 0 saturated carbocycles. The van der Waals surface area contributed by atoms with E-state index in [1.807, 2.05) is 12.1 Å². The zero-order chi connectivity index (χ0) is 14.4. The van der Waals surface area contributed by atoms with E-state index in [1.54, 1.807) is 27.2 Å². The van der Waals surface area contributed by atoms with Crippen LogP contribution in [0.4, 0.5) is 0 Å². The van der Waals surface area contributed by atoms with Crippen molar-refractivity contribution in [1.29, 1.82) is 0 Å². The van der Waals surface area contributed by atoms with E-state index in [1.165, 1.54) is 4.90 Å². The lowest BCUT2D eigenvalue weighted by Gasteiger charge is -2.18. The molecular formula is C14H23N3O2. The topological polar surface area (TPSA) is 54.5 Å². The maximum absolute atomic E-state index is 11.7. The second-order valence-corrected chi connectivity index (χ2v) is 5.01. The van der Waals surface area contributed by atoms with E-state index < -0.39 is 6.10 Å². The van der Waals surface area contributed by atoms with Gasteiger partial charge in [-0.05, 0) is 19.1 Å². The van der Waals surface area contributed by atoms with Crippen LogP contribution in [-0.2, 0) is 11.3 Å². The maximum Gasteiger partial charge on any atom is 0.262 e.